The van der Waals surface area contributed by atoms with Crippen LogP contribution in [0.1, 0.15) is 98.8 Å². The molecule has 4 aliphatic carbocycles. The standard InChI is InChI=1S/C31H42F6O4/c1-18(8-6-10-26(30(32,33)34)31(35,36)37)23-13-14-24-22-12-11-21-9-7-16-29(40-19(2)38,41-20(3)39)28(21,5)25(22)15-17-27(23,24)4/h11-12,18,23-26H,6-10,13-17H2,1-5H3/t18-,23-,24+,25+,27-,28+/m1/s1. The Morgan fingerprint density at radius 3 is 2.07 bits per heavy atom. The van der Waals surface area contributed by atoms with Crippen LogP contribution in [0, 0.1) is 40.4 Å². The van der Waals surface area contributed by atoms with Crippen LogP contribution in [0.25, 0.3) is 0 Å². The molecule has 3 saturated carbocycles. The molecule has 0 heterocycles. The van der Waals surface area contributed by atoms with E-state index in [0.29, 0.717) is 19.3 Å². The van der Waals surface area contributed by atoms with Crippen LogP contribution >= 0.6 is 0 Å². The number of carbonyl (C=O) groups excluding carboxylic acids is 2. The maximum absolute atomic E-state index is 13.0. The van der Waals surface area contributed by atoms with Crippen molar-refractivity contribution in [1.82, 2.24) is 0 Å². The Kier molecular flexibility index (Phi) is 8.51. The Morgan fingerprint density at radius 1 is 0.902 bits per heavy atom. The third-order valence-electron chi connectivity index (χ3n) is 11.0. The number of fused-ring (bicyclic) bond motifs is 5. The van der Waals surface area contributed by atoms with Gasteiger partial charge in [-0.25, -0.2) is 0 Å². The number of carbonyl (C=O) groups is 2. The topological polar surface area (TPSA) is 52.6 Å². The minimum atomic E-state index is -5.30. The van der Waals surface area contributed by atoms with Crippen molar-refractivity contribution in [1.29, 1.82) is 0 Å². The van der Waals surface area contributed by atoms with Crippen LogP contribution < -0.4 is 0 Å². The van der Waals surface area contributed by atoms with Gasteiger partial charge in [-0.1, -0.05) is 50.0 Å². The van der Waals surface area contributed by atoms with Crippen molar-refractivity contribution in [2.24, 2.45) is 40.4 Å². The van der Waals surface area contributed by atoms with Gasteiger partial charge in [-0.05, 0) is 81.0 Å². The summed E-state index contributed by atoms with van der Waals surface area (Å²) in [6.07, 6.45) is -1.90. The molecule has 3 fully saturated rings. The average molecular weight is 593 g/mol. The largest absolute Gasteiger partial charge is 0.422 e. The minimum Gasteiger partial charge on any atom is -0.422 e. The maximum Gasteiger partial charge on any atom is 0.400 e. The van der Waals surface area contributed by atoms with Crippen molar-refractivity contribution in [2.75, 3.05) is 0 Å². The molecule has 0 aromatic carbocycles. The molecular formula is C31H42F6O4. The van der Waals surface area contributed by atoms with E-state index in [4.69, 9.17) is 9.47 Å². The lowest BCUT2D eigenvalue weighted by Crippen LogP contribution is -2.61. The number of esters is 2. The second-order valence-corrected chi connectivity index (χ2v) is 13.2. The van der Waals surface area contributed by atoms with E-state index >= 15 is 0 Å². The molecule has 0 aromatic heterocycles. The summed E-state index contributed by atoms with van der Waals surface area (Å²) in [6, 6.07) is 0. The summed E-state index contributed by atoms with van der Waals surface area (Å²) in [5.74, 6) is -5.43. The van der Waals surface area contributed by atoms with Gasteiger partial charge in [-0.2, -0.15) is 26.3 Å². The van der Waals surface area contributed by atoms with Gasteiger partial charge in [0, 0.05) is 20.3 Å². The first-order valence-corrected chi connectivity index (χ1v) is 14.8. The van der Waals surface area contributed by atoms with Crippen LogP contribution in [0.3, 0.4) is 0 Å². The molecule has 4 nitrogen and oxygen atoms in total. The Labute approximate surface area is 238 Å². The zero-order valence-corrected chi connectivity index (χ0v) is 24.5. The van der Waals surface area contributed by atoms with Crippen LogP contribution in [-0.4, -0.2) is 30.1 Å². The Hall–Kier alpha value is -2.00. The molecule has 0 unspecified atom stereocenters. The molecule has 0 N–H and O–H groups in total. The predicted octanol–water partition coefficient (Wildman–Crippen LogP) is 8.86. The molecule has 232 valence electrons. The maximum atomic E-state index is 13.0. The summed E-state index contributed by atoms with van der Waals surface area (Å²) in [4.78, 5) is 24.6. The molecular weight excluding hydrogens is 550 g/mol. The van der Waals surface area contributed by atoms with Crippen molar-refractivity contribution in [3.05, 3.63) is 23.3 Å². The van der Waals surface area contributed by atoms with Gasteiger partial charge in [0.25, 0.3) is 5.79 Å². The zero-order valence-electron chi connectivity index (χ0n) is 24.5. The molecule has 10 heteroatoms. The number of hydrogen-bond donors (Lipinski definition) is 0. The van der Waals surface area contributed by atoms with Crippen LogP contribution in [0.4, 0.5) is 26.3 Å². The van der Waals surface area contributed by atoms with Gasteiger partial charge < -0.3 is 9.47 Å². The third kappa shape index (κ3) is 5.57. The molecule has 0 saturated heterocycles. The van der Waals surface area contributed by atoms with E-state index in [1.165, 1.54) is 19.4 Å². The summed E-state index contributed by atoms with van der Waals surface area (Å²) in [5.41, 5.74) is 1.42. The van der Waals surface area contributed by atoms with Gasteiger partial charge in [0.05, 0.1) is 5.41 Å². The number of ether oxygens (including phenoxy) is 2. The van der Waals surface area contributed by atoms with Crippen LogP contribution in [0.15, 0.2) is 23.3 Å². The summed E-state index contributed by atoms with van der Waals surface area (Å²) in [7, 11) is 0. The second-order valence-electron chi connectivity index (χ2n) is 13.2. The van der Waals surface area contributed by atoms with Gasteiger partial charge in [0.2, 0.25) is 0 Å². The Balaban J connectivity index is 1.56. The van der Waals surface area contributed by atoms with E-state index < -0.39 is 47.8 Å². The Morgan fingerprint density at radius 2 is 1.51 bits per heavy atom. The third-order valence-corrected chi connectivity index (χ3v) is 11.0. The van der Waals surface area contributed by atoms with Gasteiger partial charge >= 0.3 is 24.3 Å². The van der Waals surface area contributed by atoms with E-state index in [-0.39, 0.29) is 35.5 Å². The molecule has 0 aromatic rings. The first-order valence-electron chi connectivity index (χ1n) is 14.8. The van der Waals surface area contributed by atoms with Gasteiger partial charge in [0.15, 0.2) is 5.92 Å². The SMILES string of the molecule is CC(=O)OC1(OC(C)=O)CCCC2=CC=C3[C@@H]4CC[C@H]([C@H](C)CCCC(C(F)(F)F)C(F)(F)F)[C@@]4(C)CC[C@@H]3[C@]21C. The quantitative estimate of drug-likeness (QED) is 0.168. The van der Waals surface area contributed by atoms with Gasteiger partial charge in [-0.3, -0.25) is 9.59 Å². The number of allylic oxidation sites excluding steroid dienone is 3. The smallest absolute Gasteiger partial charge is 0.400 e. The highest BCUT2D eigenvalue weighted by atomic mass is 19.4. The summed E-state index contributed by atoms with van der Waals surface area (Å²) in [5, 5.41) is 0. The van der Waals surface area contributed by atoms with E-state index in [9.17, 15) is 35.9 Å². The van der Waals surface area contributed by atoms with Crippen molar-refractivity contribution in [2.45, 2.75) is 117 Å². The monoisotopic (exact) mass is 592 g/mol. The molecule has 4 aliphatic rings. The van der Waals surface area contributed by atoms with Gasteiger partial charge in [-0.15, -0.1) is 0 Å². The normalized spacial score (nSPS) is 33.6. The fourth-order valence-corrected chi connectivity index (χ4v) is 9.20. The number of rotatable bonds is 7. The minimum absolute atomic E-state index is 0.0204. The van der Waals surface area contributed by atoms with Crippen molar-refractivity contribution < 1.29 is 45.4 Å². The van der Waals surface area contributed by atoms with Crippen molar-refractivity contribution in [3.8, 4) is 0 Å². The lowest BCUT2D eigenvalue weighted by Gasteiger charge is -2.59. The predicted molar refractivity (Wildman–Crippen MR) is 140 cm³/mol. The molecule has 0 radical (unpaired) electrons. The lowest BCUT2D eigenvalue weighted by molar-refractivity contribution is -0.286. The summed E-state index contributed by atoms with van der Waals surface area (Å²) >= 11 is 0. The van der Waals surface area contributed by atoms with Crippen molar-refractivity contribution >= 4 is 11.9 Å². The van der Waals surface area contributed by atoms with E-state index in [2.05, 4.69) is 19.1 Å². The second kappa shape index (κ2) is 10.9. The first-order chi connectivity index (χ1) is 18.9. The highest BCUT2D eigenvalue weighted by Crippen LogP contribution is 2.68. The Bertz CT molecular complexity index is 1060. The number of hydrogen-bond acceptors (Lipinski definition) is 4. The van der Waals surface area contributed by atoms with E-state index in [1.807, 2.05) is 13.8 Å². The molecule has 0 spiro atoms. The van der Waals surface area contributed by atoms with Crippen LogP contribution in [0.5, 0.6) is 0 Å². The van der Waals surface area contributed by atoms with Crippen molar-refractivity contribution in [3.63, 3.8) is 0 Å². The fraction of sp³-hybridized carbons (Fsp3) is 0.806. The van der Waals surface area contributed by atoms with Crippen LogP contribution in [-0.2, 0) is 19.1 Å². The number of halogens is 6. The van der Waals surface area contributed by atoms with Gasteiger partial charge in [0.1, 0.15) is 0 Å². The average Bonchev–Trinajstić information content (AvgIpc) is 3.17. The molecule has 4 rings (SSSR count). The molecule has 41 heavy (non-hydrogen) atoms. The van der Waals surface area contributed by atoms with E-state index in [1.54, 1.807) is 0 Å². The first kappa shape index (κ1) is 31.9. The summed E-state index contributed by atoms with van der Waals surface area (Å²) < 4.78 is 90.1. The molecule has 0 amide bonds. The molecule has 0 aliphatic heterocycles. The molecule has 6 atom stereocenters. The van der Waals surface area contributed by atoms with Crippen LogP contribution in [0.2, 0.25) is 0 Å². The zero-order chi connectivity index (χ0) is 30.6. The highest BCUT2D eigenvalue weighted by Gasteiger charge is 2.66. The van der Waals surface area contributed by atoms with E-state index in [0.717, 1.165) is 37.7 Å². The molecule has 0 bridgehead atoms. The highest BCUT2D eigenvalue weighted by molar-refractivity contribution is 5.69. The summed E-state index contributed by atoms with van der Waals surface area (Å²) in [6.45, 7) is 8.85. The fourth-order valence-electron chi connectivity index (χ4n) is 9.20. The number of alkyl halides is 6. The lowest BCUT2D eigenvalue weighted by atomic mass is 9.48.